The Hall–Kier alpha value is -1.20. The molecule has 0 aliphatic rings. The lowest BCUT2D eigenvalue weighted by Crippen LogP contribution is -2.41. The van der Waals surface area contributed by atoms with Crippen molar-refractivity contribution in [3.05, 3.63) is 35.9 Å². The minimum absolute atomic E-state index is 0.116. The highest BCUT2D eigenvalue weighted by atomic mass is 32.2. The molecule has 0 heterocycles. The number of aliphatic hydroxyl groups excluding tert-OH is 1. The first kappa shape index (κ1) is 14.9. The summed E-state index contributed by atoms with van der Waals surface area (Å²) in [5.41, 5.74) is 0.896. The maximum Gasteiger partial charge on any atom is 0.315 e. The largest absolute Gasteiger partial charge is 0.394 e. The molecular formula is C13H20N2O2S. The lowest BCUT2D eigenvalue weighted by Gasteiger charge is -2.18. The number of benzene rings is 1. The molecular weight excluding hydrogens is 248 g/mol. The zero-order valence-corrected chi connectivity index (χ0v) is 11.5. The van der Waals surface area contributed by atoms with Gasteiger partial charge in [-0.05, 0) is 11.8 Å². The van der Waals surface area contributed by atoms with E-state index in [4.69, 9.17) is 0 Å². The second kappa shape index (κ2) is 8.00. The summed E-state index contributed by atoms with van der Waals surface area (Å²) in [6.07, 6.45) is 2.00. The fourth-order valence-electron chi connectivity index (χ4n) is 1.45. The Labute approximate surface area is 112 Å². The van der Waals surface area contributed by atoms with Crippen LogP contribution < -0.4 is 10.6 Å². The molecule has 5 heteroatoms. The summed E-state index contributed by atoms with van der Waals surface area (Å²) < 4.78 is 0. The Balaban J connectivity index is 2.46. The Kier molecular flexibility index (Phi) is 6.60. The van der Waals surface area contributed by atoms with Gasteiger partial charge >= 0.3 is 6.03 Å². The number of nitrogens with one attached hydrogen (secondary N) is 2. The molecule has 3 N–H and O–H groups in total. The van der Waals surface area contributed by atoms with Gasteiger partial charge in [0.05, 0.1) is 12.6 Å². The van der Waals surface area contributed by atoms with Crippen LogP contribution in [-0.2, 0) is 0 Å². The van der Waals surface area contributed by atoms with E-state index in [1.165, 1.54) is 0 Å². The summed E-state index contributed by atoms with van der Waals surface area (Å²) in [6, 6.07) is 8.81. The number of hydrogen-bond donors (Lipinski definition) is 3. The van der Waals surface area contributed by atoms with Gasteiger partial charge in [0.15, 0.2) is 0 Å². The molecule has 0 saturated carbocycles. The molecule has 2 amide bonds. The number of amides is 2. The summed E-state index contributed by atoms with van der Waals surface area (Å²) in [7, 11) is 0. The molecule has 0 spiro atoms. The van der Waals surface area contributed by atoms with Crippen molar-refractivity contribution in [3.63, 3.8) is 0 Å². The summed E-state index contributed by atoms with van der Waals surface area (Å²) in [6.45, 7) is 2.54. The lowest BCUT2D eigenvalue weighted by molar-refractivity contribution is 0.217. The first-order chi connectivity index (χ1) is 8.67. The third-order valence-corrected chi connectivity index (χ3v) is 3.61. The maximum absolute atomic E-state index is 11.7. The van der Waals surface area contributed by atoms with E-state index in [9.17, 15) is 9.90 Å². The molecule has 18 heavy (non-hydrogen) atoms. The van der Waals surface area contributed by atoms with Gasteiger partial charge in [0.1, 0.15) is 0 Å². The van der Waals surface area contributed by atoms with Crippen LogP contribution in [0.2, 0.25) is 0 Å². The highest BCUT2D eigenvalue weighted by Crippen LogP contribution is 2.11. The molecule has 0 saturated heterocycles. The van der Waals surface area contributed by atoms with E-state index in [2.05, 4.69) is 10.6 Å². The molecule has 0 fully saturated rings. The van der Waals surface area contributed by atoms with Crippen LogP contribution in [0.3, 0.4) is 0 Å². The SMILES string of the molecule is CS[C@H](C)CNC(=O)N[C@H](CO)c1ccccc1. The number of aliphatic hydroxyl groups is 1. The summed E-state index contributed by atoms with van der Waals surface area (Å²) >= 11 is 1.70. The van der Waals surface area contributed by atoms with E-state index in [0.29, 0.717) is 11.8 Å². The predicted molar refractivity (Wildman–Crippen MR) is 75.8 cm³/mol. The second-order valence-electron chi connectivity index (χ2n) is 4.05. The van der Waals surface area contributed by atoms with Crippen LogP contribution in [0.5, 0.6) is 0 Å². The van der Waals surface area contributed by atoms with Crippen molar-refractivity contribution in [3.8, 4) is 0 Å². The third kappa shape index (κ3) is 4.98. The van der Waals surface area contributed by atoms with Crippen LogP contribution in [0.15, 0.2) is 30.3 Å². The van der Waals surface area contributed by atoms with Gasteiger partial charge in [-0.15, -0.1) is 0 Å². The monoisotopic (exact) mass is 268 g/mol. The number of carbonyl (C=O) groups excluding carboxylic acids is 1. The smallest absolute Gasteiger partial charge is 0.315 e. The van der Waals surface area contributed by atoms with Gasteiger partial charge in [0.2, 0.25) is 0 Å². The Bertz CT molecular complexity index is 359. The highest BCUT2D eigenvalue weighted by molar-refractivity contribution is 7.99. The molecule has 1 rings (SSSR count). The second-order valence-corrected chi connectivity index (χ2v) is 5.32. The van der Waals surface area contributed by atoms with Crippen molar-refractivity contribution in [1.29, 1.82) is 0 Å². The van der Waals surface area contributed by atoms with E-state index >= 15 is 0 Å². The van der Waals surface area contributed by atoms with Crippen LogP contribution in [0.25, 0.3) is 0 Å². The van der Waals surface area contributed by atoms with E-state index in [-0.39, 0.29) is 18.7 Å². The third-order valence-electron chi connectivity index (χ3n) is 2.64. The fraction of sp³-hybridized carbons (Fsp3) is 0.462. The summed E-state index contributed by atoms with van der Waals surface area (Å²) in [5.74, 6) is 0. The van der Waals surface area contributed by atoms with Crippen LogP contribution >= 0.6 is 11.8 Å². The van der Waals surface area contributed by atoms with Crippen LogP contribution in [-0.4, -0.2) is 35.8 Å². The first-order valence-electron chi connectivity index (χ1n) is 5.90. The molecule has 0 aliphatic carbocycles. The lowest BCUT2D eigenvalue weighted by atomic mass is 10.1. The van der Waals surface area contributed by atoms with Gasteiger partial charge in [-0.25, -0.2) is 4.79 Å². The molecule has 1 aromatic rings. The van der Waals surface area contributed by atoms with Gasteiger partial charge in [0, 0.05) is 11.8 Å². The average molecular weight is 268 g/mol. The Morgan fingerprint density at radius 2 is 2.06 bits per heavy atom. The average Bonchev–Trinajstić information content (AvgIpc) is 2.43. The molecule has 0 radical (unpaired) electrons. The van der Waals surface area contributed by atoms with Crippen LogP contribution in [0, 0.1) is 0 Å². The van der Waals surface area contributed by atoms with Crippen molar-refractivity contribution in [2.24, 2.45) is 0 Å². The van der Waals surface area contributed by atoms with Crippen LogP contribution in [0.1, 0.15) is 18.5 Å². The van der Waals surface area contributed by atoms with Crippen molar-refractivity contribution in [2.45, 2.75) is 18.2 Å². The van der Waals surface area contributed by atoms with Crippen molar-refractivity contribution < 1.29 is 9.90 Å². The normalized spacial score (nSPS) is 13.7. The molecule has 0 aliphatic heterocycles. The molecule has 100 valence electrons. The molecule has 0 bridgehead atoms. The summed E-state index contributed by atoms with van der Waals surface area (Å²) in [5, 5.41) is 15.2. The number of carbonyl (C=O) groups is 1. The number of thioether (sulfide) groups is 1. The minimum atomic E-state index is -0.365. The predicted octanol–water partition coefficient (Wildman–Crippen LogP) is 1.77. The maximum atomic E-state index is 11.7. The fourth-order valence-corrected chi connectivity index (χ4v) is 1.70. The Morgan fingerprint density at radius 3 is 2.61 bits per heavy atom. The summed E-state index contributed by atoms with van der Waals surface area (Å²) in [4.78, 5) is 11.7. The quantitative estimate of drug-likeness (QED) is 0.737. The first-order valence-corrected chi connectivity index (χ1v) is 7.19. The molecule has 0 unspecified atom stereocenters. The number of urea groups is 1. The zero-order valence-electron chi connectivity index (χ0n) is 10.7. The molecule has 2 atom stereocenters. The van der Waals surface area contributed by atoms with Crippen LogP contribution in [0.4, 0.5) is 4.79 Å². The van der Waals surface area contributed by atoms with E-state index in [1.807, 2.05) is 43.5 Å². The van der Waals surface area contributed by atoms with Crippen molar-refractivity contribution in [2.75, 3.05) is 19.4 Å². The molecule has 1 aromatic carbocycles. The van der Waals surface area contributed by atoms with Crippen molar-refractivity contribution >= 4 is 17.8 Å². The zero-order chi connectivity index (χ0) is 13.4. The van der Waals surface area contributed by atoms with Gasteiger partial charge in [0.25, 0.3) is 0 Å². The van der Waals surface area contributed by atoms with E-state index < -0.39 is 0 Å². The molecule has 0 aromatic heterocycles. The van der Waals surface area contributed by atoms with Gasteiger partial charge in [-0.3, -0.25) is 0 Å². The number of rotatable bonds is 6. The molecule has 4 nitrogen and oxygen atoms in total. The van der Waals surface area contributed by atoms with E-state index in [0.717, 1.165) is 5.56 Å². The number of hydrogen-bond acceptors (Lipinski definition) is 3. The van der Waals surface area contributed by atoms with Gasteiger partial charge in [-0.1, -0.05) is 37.3 Å². The van der Waals surface area contributed by atoms with Gasteiger partial charge in [-0.2, -0.15) is 11.8 Å². The topological polar surface area (TPSA) is 61.4 Å². The Morgan fingerprint density at radius 1 is 1.39 bits per heavy atom. The van der Waals surface area contributed by atoms with E-state index in [1.54, 1.807) is 11.8 Å². The highest BCUT2D eigenvalue weighted by Gasteiger charge is 2.13. The van der Waals surface area contributed by atoms with Gasteiger partial charge < -0.3 is 15.7 Å². The van der Waals surface area contributed by atoms with Crippen molar-refractivity contribution in [1.82, 2.24) is 10.6 Å². The standard InChI is InChI=1S/C13H20N2O2S/c1-10(18-2)8-14-13(17)15-12(9-16)11-6-4-3-5-7-11/h3-7,10,12,16H,8-9H2,1-2H3,(H2,14,15,17)/t10-,12-/m1/s1. The minimum Gasteiger partial charge on any atom is -0.394 e.